The zero-order valence-electron chi connectivity index (χ0n) is 23.9. The second-order valence-corrected chi connectivity index (χ2v) is 10.2. The normalized spacial score (nSPS) is 13.5. The van der Waals surface area contributed by atoms with E-state index in [1.54, 1.807) is 12.1 Å². The van der Waals surface area contributed by atoms with Crippen LogP contribution in [0.5, 0.6) is 0 Å². The molecule has 0 atom stereocenters. The zero-order chi connectivity index (χ0) is 29.2. The third-order valence-electron chi connectivity index (χ3n) is 7.65. The van der Waals surface area contributed by atoms with Crippen LogP contribution in [0, 0.1) is 33.5 Å². The Balaban J connectivity index is 0.000000225. The molecular weight excluding hydrogens is 513 g/mol. The Bertz CT molecular complexity index is 1320. The van der Waals surface area contributed by atoms with Crippen molar-refractivity contribution in [2.75, 3.05) is 32.8 Å². The summed E-state index contributed by atoms with van der Waals surface area (Å²) in [6, 6.07) is 6.22. The smallest absolute Gasteiger partial charge is 0.303 e. The molecule has 8 nitrogen and oxygen atoms in total. The number of aliphatic carboxylic acids is 1. The first kappa shape index (κ1) is 31.0. The van der Waals surface area contributed by atoms with Gasteiger partial charge in [-0.15, -0.1) is 0 Å². The fraction of sp³-hybridized carbons (Fsp3) is 0.452. The van der Waals surface area contributed by atoms with Crippen molar-refractivity contribution in [3.05, 3.63) is 80.7 Å². The second-order valence-electron chi connectivity index (χ2n) is 10.2. The third kappa shape index (κ3) is 7.99. The minimum absolute atomic E-state index is 0.0178. The van der Waals surface area contributed by atoms with Crippen LogP contribution in [0.3, 0.4) is 0 Å². The van der Waals surface area contributed by atoms with Crippen molar-refractivity contribution in [1.82, 2.24) is 14.5 Å². The number of ether oxygens (including phenoxy) is 1. The molecule has 216 valence electrons. The molecular formula is C31H40FN3O5. The molecule has 4 rings (SSSR count). The summed E-state index contributed by atoms with van der Waals surface area (Å²) in [5, 5.41) is 8.84. The van der Waals surface area contributed by atoms with Gasteiger partial charge in [0, 0.05) is 37.4 Å². The first-order valence-corrected chi connectivity index (χ1v) is 13.7. The molecule has 0 saturated carbocycles. The van der Waals surface area contributed by atoms with Gasteiger partial charge in [0.1, 0.15) is 5.82 Å². The maximum atomic E-state index is 13.3. The van der Waals surface area contributed by atoms with Gasteiger partial charge >= 0.3 is 5.97 Å². The quantitative estimate of drug-likeness (QED) is 0.330. The standard InChI is InChI=1S/C17H18FNO3.C14H22N2O2/c1-11-15(6-7-17(21)22)12(2)19(16(11)10-20)9-13-4-3-5-14(18)8-13;1-11-13(12(2)15-14(11)10-17)4-3-5-16-6-8-18-9-7-16/h3-5,8,10H,6-7,9H2,1-2H3,(H,21,22);10,15H,3-9H2,1-2H3. The monoisotopic (exact) mass is 553 g/mol. The van der Waals surface area contributed by atoms with Gasteiger partial charge in [-0.2, -0.15) is 0 Å². The Hall–Kier alpha value is -3.56. The van der Waals surface area contributed by atoms with E-state index < -0.39 is 5.97 Å². The van der Waals surface area contributed by atoms with E-state index in [2.05, 4.69) is 9.88 Å². The number of H-pyrrole nitrogens is 1. The largest absolute Gasteiger partial charge is 0.481 e. The van der Waals surface area contributed by atoms with Crippen LogP contribution in [0.2, 0.25) is 0 Å². The first-order chi connectivity index (χ1) is 19.2. The average molecular weight is 554 g/mol. The number of carbonyl (C=O) groups is 3. The number of hydrogen-bond acceptors (Lipinski definition) is 5. The highest BCUT2D eigenvalue weighted by Gasteiger charge is 2.18. The summed E-state index contributed by atoms with van der Waals surface area (Å²) in [5.41, 5.74) is 8.09. The summed E-state index contributed by atoms with van der Waals surface area (Å²) in [5.74, 6) is -1.19. The van der Waals surface area contributed by atoms with E-state index in [0.29, 0.717) is 18.7 Å². The first-order valence-electron chi connectivity index (χ1n) is 13.7. The molecule has 9 heteroatoms. The molecule has 1 fully saturated rings. The minimum atomic E-state index is -0.871. The Morgan fingerprint density at radius 1 is 1.05 bits per heavy atom. The maximum Gasteiger partial charge on any atom is 0.303 e. The molecule has 1 saturated heterocycles. The predicted octanol–water partition coefficient (Wildman–Crippen LogP) is 4.83. The lowest BCUT2D eigenvalue weighted by molar-refractivity contribution is -0.136. The van der Waals surface area contributed by atoms with E-state index in [4.69, 9.17) is 9.84 Å². The highest BCUT2D eigenvalue weighted by atomic mass is 19.1. The number of hydrogen-bond donors (Lipinski definition) is 2. The van der Waals surface area contributed by atoms with Gasteiger partial charge in [-0.25, -0.2) is 4.39 Å². The third-order valence-corrected chi connectivity index (χ3v) is 7.65. The molecule has 40 heavy (non-hydrogen) atoms. The lowest BCUT2D eigenvalue weighted by Gasteiger charge is -2.26. The number of aromatic amines is 1. The lowest BCUT2D eigenvalue weighted by Crippen LogP contribution is -2.36. The molecule has 0 aliphatic carbocycles. The second kappa shape index (κ2) is 14.7. The minimum Gasteiger partial charge on any atom is -0.481 e. The van der Waals surface area contributed by atoms with Crippen LogP contribution >= 0.6 is 0 Å². The van der Waals surface area contributed by atoms with Gasteiger partial charge in [0.15, 0.2) is 12.6 Å². The molecule has 0 radical (unpaired) electrons. The highest BCUT2D eigenvalue weighted by Crippen LogP contribution is 2.24. The van der Waals surface area contributed by atoms with Crippen molar-refractivity contribution in [3.63, 3.8) is 0 Å². The van der Waals surface area contributed by atoms with Crippen LogP contribution in [0.4, 0.5) is 4.39 Å². The number of aryl methyl sites for hydroxylation is 1. The van der Waals surface area contributed by atoms with Crippen LogP contribution in [0.15, 0.2) is 24.3 Å². The number of rotatable bonds is 11. The lowest BCUT2D eigenvalue weighted by atomic mass is 10.0. The predicted molar refractivity (Wildman–Crippen MR) is 152 cm³/mol. The van der Waals surface area contributed by atoms with Crippen LogP contribution < -0.4 is 0 Å². The average Bonchev–Trinajstić information content (AvgIpc) is 3.33. The molecule has 3 aromatic rings. The van der Waals surface area contributed by atoms with E-state index in [-0.39, 0.29) is 12.2 Å². The summed E-state index contributed by atoms with van der Waals surface area (Å²) < 4.78 is 20.5. The molecule has 2 aromatic heterocycles. The molecule has 0 spiro atoms. The van der Waals surface area contributed by atoms with Gasteiger partial charge in [0.2, 0.25) is 0 Å². The van der Waals surface area contributed by atoms with Gasteiger partial charge < -0.3 is 19.4 Å². The van der Waals surface area contributed by atoms with E-state index in [9.17, 15) is 18.8 Å². The maximum absolute atomic E-state index is 13.3. The molecule has 1 aromatic carbocycles. The Morgan fingerprint density at radius 3 is 2.38 bits per heavy atom. The van der Waals surface area contributed by atoms with Crippen LogP contribution in [-0.4, -0.2) is 70.9 Å². The molecule has 1 aliphatic rings. The van der Waals surface area contributed by atoms with Crippen molar-refractivity contribution in [1.29, 1.82) is 0 Å². The van der Waals surface area contributed by atoms with Gasteiger partial charge in [-0.05, 0) is 93.5 Å². The Labute approximate surface area is 235 Å². The number of morpholine rings is 1. The summed E-state index contributed by atoms with van der Waals surface area (Å²) >= 11 is 0. The number of benzene rings is 1. The zero-order valence-corrected chi connectivity index (χ0v) is 23.9. The van der Waals surface area contributed by atoms with Crippen molar-refractivity contribution >= 4 is 18.5 Å². The van der Waals surface area contributed by atoms with Gasteiger partial charge in [0.05, 0.1) is 24.6 Å². The number of aromatic nitrogens is 2. The van der Waals surface area contributed by atoms with Crippen LogP contribution in [0.1, 0.15) is 73.0 Å². The molecule has 2 N–H and O–H groups in total. The highest BCUT2D eigenvalue weighted by molar-refractivity contribution is 5.77. The molecule has 0 amide bonds. The van der Waals surface area contributed by atoms with Crippen LogP contribution in [0.25, 0.3) is 0 Å². The number of halogens is 1. The van der Waals surface area contributed by atoms with Crippen LogP contribution in [-0.2, 0) is 28.9 Å². The molecule has 0 unspecified atom stereocenters. The summed E-state index contributed by atoms with van der Waals surface area (Å²) in [7, 11) is 0. The van der Waals surface area contributed by atoms with Gasteiger partial charge in [-0.1, -0.05) is 12.1 Å². The van der Waals surface area contributed by atoms with Crippen molar-refractivity contribution < 1.29 is 28.6 Å². The van der Waals surface area contributed by atoms with E-state index in [1.807, 2.05) is 32.3 Å². The van der Waals surface area contributed by atoms with Crippen molar-refractivity contribution in [2.24, 2.45) is 0 Å². The number of carboxylic acids is 1. The SMILES string of the molecule is Cc1[nH]c(C=O)c(C)c1CCCN1CCOCC1.Cc1c(CCC(=O)O)c(C)n(Cc2cccc(F)c2)c1C=O. The fourth-order valence-electron chi connectivity index (χ4n) is 5.36. The number of nitrogens with zero attached hydrogens (tertiary/aromatic N) is 2. The Kier molecular flexibility index (Phi) is 11.4. The fourth-order valence-corrected chi connectivity index (χ4v) is 5.36. The van der Waals surface area contributed by atoms with E-state index >= 15 is 0 Å². The number of aldehydes is 2. The van der Waals surface area contributed by atoms with Crippen molar-refractivity contribution in [3.8, 4) is 0 Å². The molecule has 0 bridgehead atoms. The molecule has 1 aliphatic heterocycles. The number of carboxylic acid groups (broad SMARTS) is 1. The topological polar surface area (TPSA) is 105 Å². The molecule has 3 heterocycles. The van der Waals surface area contributed by atoms with Gasteiger partial charge in [-0.3, -0.25) is 19.3 Å². The number of carbonyl (C=O) groups excluding carboxylic acids is 2. The number of nitrogens with one attached hydrogen (secondary N) is 1. The summed E-state index contributed by atoms with van der Waals surface area (Å²) in [4.78, 5) is 38.6. The Morgan fingerprint density at radius 2 is 1.77 bits per heavy atom. The summed E-state index contributed by atoms with van der Waals surface area (Å²) in [6.45, 7) is 13.0. The van der Waals surface area contributed by atoms with E-state index in [0.717, 1.165) is 97.6 Å². The van der Waals surface area contributed by atoms with Gasteiger partial charge in [0.25, 0.3) is 0 Å². The summed E-state index contributed by atoms with van der Waals surface area (Å²) in [6.07, 6.45) is 4.25. The van der Waals surface area contributed by atoms with E-state index in [1.165, 1.54) is 17.7 Å². The van der Waals surface area contributed by atoms with Crippen molar-refractivity contribution in [2.45, 2.75) is 59.9 Å².